The number of amides is 2. The van der Waals surface area contributed by atoms with E-state index in [1.807, 2.05) is 12.1 Å². The Balaban J connectivity index is 1.42. The zero-order chi connectivity index (χ0) is 18.8. The van der Waals surface area contributed by atoms with Gasteiger partial charge in [-0.25, -0.2) is 4.98 Å². The second-order valence-electron chi connectivity index (χ2n) is 6.21. The molecule has 1 atom stereocenters. The molecule has 7 nitrogen and oxygen atoms in total. The number of hydrogen-bond acceptors (Lipinski definition) is 4. The summed E-state index contributed by atoms with van der Waals surface area (Å²) in [4.78, 5) is 30.9. The first kappa shape index (κ1) is 17.2. The Bertz CT molecular complexity index is 955. The summed E-state index contributed by atoms with van der Waals surface area (Å²) in [5.41, 5.74) is 2.23. The number of hydrogen-bond donors (Lipinski definition) is 2. The van der Waals surface area contributed by atoms with Crippen LogP contribution >= 0.6 is 11.6 Å². The molecular formula is C19H16ClN5O2. The maximum absolute atomic E-state index is 12.6. The van der Waals surface area contributed by atoms with Gasteiger partial charge in [-0.2, -0.15) is 5.10 Å². The fourth-order valence-electron chi connectivity index (χ4n) is 3.09. The van der Waals surface area contributed by atoms with Crippen molar-refractivity contribution in [1.82, 2.24) is 15.2 Å². The van der Waals surface area contributed by atoms with Crippen LogP contribution in [0.3, 0.4) is 0 Å². The predicted molar refractivity (Wildman–Crippen MR) is 102 cm³/mol. The molecule has 1 saturated heterocycles. The third kappa shape index (κ3) is 3.54. The smallest absolute Gasteiger partial charge is 0.239 e. The van der Waals surface area contributed by atoms with Gasteiger partial charge in [-0.05, 0) is 55.0 Å². The van der Waals surface area contributed by atoms with E-state index in [4.69, 9.17) is 11.6 Å². The molecule has 4 rings (SSSR count). The van der Waals surface area contributed by atoms with Gasteiger partial charge < -0.3 is 10.2 Å². The Kier molecular flexibility index (Phi) is 4.60. The maximum Gasteiger partial charge on any atom is 0.239 e. The summed E-state index contributed by atoms with van der Waals surface area (Å²) in [6.07, 6.45) is 1.91. The maximum atomic E-state index is 12.6. The van der Waals surface area contributed by atoms with E-state index in [9.17, 15) is 9.59 Å². The Hall–Kier alpha value is -3.19. The molecule has 2 amide bonds. The van der Waals surface area contributed by atoms with Gasteiger partial charge in [0, 0.05) is 28.5 Å². The highest BCUT2D eigenvalue weighted by Crippen LogP contribution is 2.27. The summed E-state index contributed by atoms with van der Waals surface area (Å²) in [6.45, 7) is 0.503. The molecule has 1 aliphatic heterocycles. The lowest BCUT2D eigenvalue weighted by molar-refractivity contribution is -0.129. The molecule has 2 heterocycles. The van der Waals surface area contributed by atoms with E-state index in [2.05, 4.69) is 20.5 Å². The Morgan fingerprint density at radius 2 is 1.89 bits per heavy atom. The minimum Gasteiger partial charge on any atom is -0.325 e. The summed E-state index contributed by atoms with van der Waals surface area (Å²) < 4.78 is 0. The van der Waals surface area contributed by atoms with E-state index >= 15 is 0 Å². The second-order valence-corrected chi connectivity index (χ2v) is 6.64. The topological polar surface area (TPSA) is 91.0 Å². The van der Waals surface area contributed by atoms with Crippen LogP contribution in [0.15, 0.2) is 54.9 Å². The van der Waals surface area contributed by atoms with Crippen LogP contribution in [-0.4, -0.2) is 33.5 Å². The number of benzene rings is 2. The molecule has 1 unspecified atom stereocenters. The van der Waals surface area contributed by atoms with E-state index in [1.165, 1.54) is 6.33 Å². The lowest BCUT2D eigenvalue weighted by Crippen LogP contribution is -2.33. The van der Waals surface area contributed by atoms with Gasteiger partial charge in [-0.1, -0.05) is 11.6 Å². The predicted octanol–water partition coefficient (Wildman–Crippen LogP) is 3.12. The largest absolute Gasteiger partial charge is 0.325 e. The standard InChI is InChI=1S/C19H16ClN5O2/c20-13-3-7-15(8-4-13)25-10-9-16(19(25)27)18(26)23-14-5-1-12(2-6-14)17-21-11-22-24-17/h1-8,11,16H,9-10H2,(H,23,26)(H,21,22,24). The van der Waals surface area contributed by atoms with Crippen molar-refractivity contribution in [1.29, 1.82) is 0 Å². The molecule has 1 fully saturated rings. The monoisotopic (exact) mass is 381 g/mol. The zero-order valence-corrected chi connectivity index (χ0v) is 15.0. The second kappa shape index (κ2) is 7.20. The van der Waals surface area contributed by atoms with E-state index in [1.54, 1.807) is 41.3 Å². The van der Waals surface area contributed by atoms with Crippen molar-refractivity contribution in [3.63, 3.8) is 0 Å². The van der Waals surface area contributed by atoms with Crippen molar-refractivity contribution in [3.05, 3.63) is 59.9 Å². The van der Waals surface area contributed by atoms with Gasteiger partial charge in [0.25, 0.3) is 0 Å². The SMILES string of the molecule is O=C(Nc1ccc(-c2ncn[nH]2)cc1)C1CCN(c2ccc(Cl)cc2)C1=O. The molecule has 0 spiro atoms. The highest BCUT2D eigenvalue weighted by atomic mass is 35.5. The van der Waals surface area contributed by atoms with Crippen molar-refractivity contribution in [3.8, 4) is 11.4 Å². The molecule has 3 aromatic rings. The fraction of sp³-hybridized carbons (Fsp3) is 0.158. The van der Waals surface area contributed by atoms with Crippen LogP contribution in [0.25, 0.3) is 11.4 Å². The lowest BCUT2D eigenvalue weighted by atomic mass is 10.1. The number of H-pyrrole nitrogens is 1. The molecule has 0 saturated carbocycles. The van der Waals surface area contributed by atoms with Crippen LogP contribution in [0.4, 0.5) is 11.4 Å². The molecule has 2 aromatic carbocycles. The highest BCUT2D eigenvalue weighted by Gasteiger charge is 2.37. The number of nitrogens with zero attached hydrogens (tertiary/aromatic N) is 3. The summed E-state index contributed by atoms with van der Waals surface area (Å²) >= 11 is 5.89. The summed E-state index contributed by atoms with van der Waals surface area (Å²) in [7, 11) is 0. The van der Waals surface area contributed by atoms with Crippen LogP contribution in [0.5, 0.6) is 0 Å². The molecule has 0 bridgehead atoms. The van der Waals surface area contributed by atoms with Crippen LogP contribution < -0.4 is 10.2 Å². The first-order chi connectivity index (χ1) is 13.1. The van der Waals surface area contributed by atoms with Gasteiger partial charge in [-0.15, -0.1) is 0 Å². The number of anilines is 2. The number of carbonyl (C=O) groups is 2. The molecule has 27 heavy (non-hydrogen) atoms. The molecule has 0 aliphatic carbocycles. The first-order valence-corrected chi connectivity index (χ1v) is 8.83. The molecule has 0 radical (unpaired) electrons. The minimum absolute atomic E-state index is 0.201. The highest BCUT2D eigenvalue weighted by molar-refractivity contribution is 6.30. The number of carbonyl (C=O) groups excluding carboxylic acids is 2. The molecule has 2 N–H and O–H groups in total. The van der Waals surface area contributed by atoms with Crippen molar-refractivity contribution in [2.24, 2.45) is 5.92 Å². The van der Waals surface area contributed by atoms with Gasteiger partial charge in [-0.3, -0.25) is 14.7 Å². The van der Waals surface area contributed by atoms with Crippen LogP contribution in [-0.2, 0) is 9.59 Å². The van der Waals surface area contributed by atoms with Gasteiger partial charge in [0.1, 0.15) is 12.2 Å². The molecule has 136 valence electrons. The van der Waals surface area contributed by atoms with Gasteiger partial charge >= 0.3 is 0 Å². The fourth-order valence-corrected chi connectivity index (χ4v) is 3.21. The third-order valence-corrected chi connectivity index (χ3v) is 4.75. The van der Waals surface area contributed by atoms with Crippen LogP contribution in [0.1, 0.15) is 6.42 Å². The van der Waals surface area contributed by atoms with Crippen molar-refractivity contribution in [2.75, 3.05) is 16.8 Å². The number of halogens is 1. The average Bonchev–Trinajstić information content (AvgIpc) is 3.33. The van der Waals surface area contributed by atoms with Gasteiger partial charge in [0.15, 0.2) is 5.82 Å². The average molecular weight is 382 g/mol. The lowest BCUT2D eigenvalue weighted by Gasteiger charge is -2.17. The minimum atomic E-state index is -0.699. The molecule has 1 aromatic heterocycles. The Labute approximate surface area is 160 Å². The molecule has 8 heteroatoms. The van der Waals surface area contributed by atoms with Crippen LogP contribution in [0, 0.1) is 5.92 Å². The summed E-state index contributed by atoms with van der Waals surface area (Å²) in [5, 5.41) is 10.0. The van der Waals surface area contributed by atoms with E-state index in [0.29, 0.717) is 29.5 Å². The molecular weight excluding hydrogens is 366 g/mol. The van der Waals surface area contributed by atoms with Gasteiger partial charge in [0.05, 0.1) is 0 Å². The van der Waals surface area contributed by atoms with Crippen molar-refractivity contribution >= 4 is 34.8 Å². The van der Waals surface area contributed by atoms with Crippen molar-refractivity contribution < 1.29 is 9.59 Å². The quantitative estimate of drug-likeness (QED) is 0.679. The normalized spacial score (nSPS) is 16.6. The van der Waals surface area contributed by atoms with E-state index in [-0.39, 0.29) is 11.8 Å². The van der Waals surface area contributed by atoms with E-state index in [0.717, 1.165) is 11.3 Å². The third-order valence-electron chi connectivity index (χ3n) is 4.50. The first-order valence-electron chi connectivity index (χ1n) is 8.45. The zero-order valence-electron chi connectivity index (χ0n) is 14.2. The number of aromatic amines is 1. The van der Waals surface area contributed by atoms with E-state index < -0.39 is 5.92 Å². The Morgan fingerprint density at radius 1 is 1.15 bits per heavy atom. The number of nitrogens with one attached hydrogen (secondary N) is 2. The van der Waals surface area contributed by atoms with Crippen LogP contribution in [0.2, 0.25) is 5.02 Å². The van der Waals surface area contributed by atoms with Gasteiger partial charge in [0.2, 0.25) is 11.8 Å². The summed E-state index contributed by atoms with van der Waals surface area (Å²) in [5.74, 6) is -0.552. The number of rotatable bonds is 4. The van der Waals surface area contributed by atoms with Crippen molar-refractivity contribution in [2.45, 2.75) is 6.42 Å². The number of aromatic nitrogens is 3. The molecule has 1 aliphatic rings. The summed E-state index contributed by atoms with van der Waals surface area (Å²) in [6, 6.07) is 14.2. The Morgan fingerprint density at radius 3 is 2.56 bits per heavy atom.